The number of fused-ring (bicyclic) bond motifs is 2. The first-order valence-electron chi connectivity index (χ1n) is 9.04. The summed E-state index contributed by atoms with van der Waals surface area (Å²) in [4.78, 5) is 44.1. The second-order valence-electron chi connectivity index (χ2n) is 7.11. The van der Waals surface area contributed by atoms with Gasteiger partial charge in [-0.25, -0.2) is 4.79 Å². The molecule has 0 aliphatic carbocycles. The maximum absolute atomic E-state index is 12.6. The number of rotatable bonds is 7. The average molecular weight is 359 g/mol. The van der Waals surface area contributed by atoms with Crippen molar-refractivity contribution in [1.82, 2.24) is 15.3 Å². The van der Waals surface area contributed by atoms with Crippen molar-refractivity contribution in [2.24, 2.45) is 5.92 Å². The van der Waals surface area contributed by atoms with E-state index in [1.807, 2.05) is 30.3 Å². The molecule has 0 aromatic heterocycles. The van der Waals surface area contributed by atoms with Gasteiger partial charge in [0.05, 0.1) is 12.6 Å². The Hall–Kier alpha value is -2.41. The summed E-state index contributed by atoms with van der Waals surface area (Å²) in [5.41, 5.74) is 0.984. The summed E-state index contributed by atoms with van der Waals surface area (Å²) in [7, 11) is 0. The van der Waals surface area contributed by atoms with Crippen molar-refractivity contribution < 1.29 is 19.2 Å². The van der Waals surface area contributed by atoms with E-state index >= 15 is 0 Å². The molecule has 3 amide bonds. The fourth-order valence-corrected chi connectivity index (χ4v) is 3.29. The maximum Gasteiger partial charge on any atom is 0.345 e. The second kappa shape index (κ2) is 7.86. The molecule has 1 aromatic carbocycles. The summed E-state index contributed by atoms with van der Waals surface area (Å²) >= 11 is 0. The van der Waals surface area contributed by atoms with Crippen molar-refractivity contribution in [2.45, 2.75) is 45.4 Å². The van der Waals surface area contributed by atoms with Gasteiger partial charge in [-0.15, -0.1) is 0 Å². The topological polar surface area (TPSA) is 79.0 Å². The van der Waals surface area contributed by atoms with Crippen LogP contribution in [0.25, 0.3) is 0 Å². The number of carbonyl (C=O) groups excluding carboxylic acids is 3. The minimum absolute atomic E-state index is 0.00663. The minimum Gasteiger partial charge on any atom is -0.347 e. The molecule has 7 nitrogen and oxygen atoms in total. The third-order valence-corrected chi connectivity index (χ3v) is 4.92. The number of Topliss-reactive ketones (excluding diaryl/α,β-unsaturated/α-hetero) is 1. The summed E-state index contributed by atoms with van der Waals surface area (Å²) in [6, 6.07) is 8.80. The third kappa shape index (κ3) is 3.88. The van der Waals surface area contributed by atoms with Crippen LogP contribution in [0.5, 0.6) is 0 Å². The number of carbonyl (C=O) groups is 3. The highest BCUT2D eigenvalue weighted by Gasteiger charge is 2.47. The van der Waals surface area contributed by atoms with E-state index in [4.69, 9.17) is 4.84 Å². The van der Waals surface area contributed by atoms with Crippen LogP contribution < -0.4 is 5.32 Å². The number of hydroxylamine groups is 2. The Labute approximate surface area is 153 Å². The highest BCUT2D eigenvalue weighted by Crippen LogP contribution is 2.30. The van der Waals surface area contributed by atoms with E-state index in [-0.39, 0.29) is 36.2 Å². The molecule has 26 heavy (non-hydrogen) atoms. The summed E-state index contributed by atoms with van der Waals surface area (Å²) in [5, 5.41) is 4.07. The Morgan fingerprint density at radius 3 is 2.65 bits per heavy atom. The molecule has 2 aliphatic rings. The molecule has 3 rings (SSSR count). The summed E-state index contributed by atoms with van der Waals surface area (Å²) in [5.74, 6) is -0.412. The van der Waals surface area contributed by atoms with Crippen LogP contribution in [0.2, 0.25) is 0 Å². The number of hydrogen-bond donors (Lipinski definition) is 1. The number of ketones is 1. The lowest BCUT2D eigenvalue weighted by Gasteiger charge is -2.29. The highest BCUT2D eigenvalue weighted by atomic mass is 16.7. The van der Waals surface area contributed by atoms with Crippen molar-refractivity contribution in [3.63, 3.8) is 0 Å². The van der Waals surface area contributed by atoms with Gasteiger partial charge in [0.1, 0.15) is 12.6 Å². The van der Waals surface area contributed by atoms with Crippen LogP contribution in [0.4, 0.5) is 4.79 Å². The monoisotopic (exact) mass is 359 g/mol. The largest absolute Gasteiger partial charge is 0.347 e. The molecular weight excluding hydrogens is 334 g/mol. The first-order chi connectivity index (χ1) is 12.5. The zero-order valence-corrected chi connectivity index (χ0v) is 15.2. The molecule has 2 fully saturated rings. The van der Waals surface area contributed by atoms with Crippen molar-refractivity contribution in [3.8, 4) is 0 Å². The standard InChI is InChI=1S/C19H25N3O4/c1-13(2)17(23)10-20-18(24)16-9-8-15-11-21(16)19(25)22(15)26-12-14-6-4-3-5-7-14/h3-7,13,15-16H,8-12H2,1-2H3,(H,20,24)/t15-,16+/m1/s1. The number of amides is 3. The molecule has 2 atom stereocenters. The van der Waals surface area contributed by atoms with E-state index in [1.54, 1.807) is 18.7 Å². The maximum atomic E-state index is 12.6. The fourth-order valence-electron chi connectivity index (χ4n) is 3.29. The van der Waals surface area contributed by atoms with Crippen molar-refractivity contribution in [3.05, 3.63) is 35.9 Å². The first kappa shape index (κ1) is 18.4. The van der Waals surface area contributed by atoms with E-state index in [0.717, 1.165) is 5.56 Å². The van der Waals surface area contributed by atoms with Crippen molar-refractivity contribution in [2.75, 3.05) is 13.1 Å². The van der Waals surface area contributed by atoms with Gasteiger partial charge in [-0.05, 0) is 18.4 Å². The fraction of sp³-hybridized carbons (Fsp3) is 0.526. The van der Waals surface area contributed by atoms with Crippen LogP contribution in [0.1, 0.15) is 32.3 Å². The van der Waals surface area contributed by atoms with Crippen molar-refractivity contribution >= 4 is 17.7 Å². The molecule has 2 bridgehead atoms. The molecule has 1 N–H and O–H groups in total. The van der Waals surface area contributed by atoms with Crippen LogP contribution in [0.3, 0.4) is 0 Å². The predicted molar refractivity (Wildman–Crippen MR) is 94.8 cm³/mol. The minimum atomic E-state index is -0.538. The molecular formula is C19H25N3O4. The van der Waals surface area contributed by atoms with E-state index in [9.17, 15) is 14.4 Å². The Morgan fingerprint density at radius 1 is 1.23 bits per heavy atom. The number of urea groups is 1. The summed E-state index contributed by atoms with van der Waals surface area (Å²) in [6.45, 7) is 4.39. The second-order valence-corrected chi connectivity index (χ2v) is 7.11. The quantitative estimate of drug-likeness (QED) is 0.804. The van der Waals surface area contributed by atoms with Gasteiger partial charge < -0.3 is 10.2 Å². The molecule has 0 saturated carbocycles. The van der Waals surface area contributed by atoms with Gasteiger partial charge in [0, 0.05) is 12.5 Å². The van der Waals surface area contributed by atoms with E-state index in [2.05, 4.69) is 5.32 Å². The highest BCUT2D eigenvalue weighted by molar-refractivity contribution is 5.92. The Morgan fingerprint density at radius 2 is 1.96 bits per heavy atom. The third-order valence-electron chi connectivity index (χ3n) is 4.92. The number of nitrogens with zero attached hydrogens (tertiary/aromatic N) is 2. The number of benzene rings is 1. The molecule has 0 unspecified atom stereocenters. The summed E-state index contributed by atoms with van der Waals surface area (Å²) in [6.07, 6.45) is 1.27. The van der Waals surface area contributed by atoms with Crippen LogP contribution in [0, 0.1) is 5.92 Å². The molecule has 140 valence electrons. The van der Waals surface area contributed by atoms with Gasteiger partial charge in [0.2, 0.25) is 5.91 Å². The van der Waals surface area contributed by atoms with Gasteiger partial charge in [-0.3, -0.25) is 14.4 Å². The smallest absolute Gasteiger partial charge is 0.345 e. The van der Waals surface area contributed by atoms with Gasteiger partial charge >= 0.3 is 6.03 Å². The Balaban J connectivity index is 1.57. The zero-order chi connectivity index (χ0) is 18.7. The van der Waals surface area contributed by atoms with Gasteiger partial charge in [0.15, 0.2) is 5.78 Å². The normalized spacial score (nSPS) is 22.0. The van der Waals surface area contributed by atoms with E-state index < -0.39 is 6.04 Å². The molecule has 0 spiro atoms. The lowest BCUT2D eigenvalue weighted by atomic mass is 10.00. The molecule has 0 radical (unpaired) electrons. The van der Waals surface area contributed by atoms with Crippen LogP contribution in [-0.4, -0.2) is 52.9 Å². The summed E-state index contributed by atoms with van der Waals surface area (Å²) < 4.78 is 0. The number of piperidine rings is 1. The average Bonchev–Trinajstić information content (AvgIpc) is 2.89. The molecule has 2 saturated heterocycles. The van der Waals surface area contributed by atoms with Crippen molar-refractivity contribution in [1.29, 1.82) is 0 Å². The number of hydrogen-bond acceptors (Lipinski definition) is 4. The zero-order valence-electron chi connectivity index (χ0n) is 15.2. The SMILES string of the molecule is CC(C)C(=O)CNC(=O)[C@@H]1CC[C@@H]2CN1C(=O)N2OCc1ccccc1. The number of nitrogens with one attached hydrogen (secondary N) is 1. The van der Waals surface area contributed by atoms with Crippen LogP contribution in [-0.2, 0) is 21.0 Å². The Kier molecular flexibility index (Phi) is 5.56. The Bertz CT molecular complexity index is 677. The molecule has 7 heteroatoms. The van der Waals surface area contributed by atoms with E-state index in [1.165, 1.54) is 5.06 Å². The first-order valence-corrected chi connectivity index (χ1v) is 9.04. The lowest BCUT2D eigenvalue weighted by molar-refractivity contribution is -0.140. The lowest BCUT2D eigenvalue weighted by Crippen LogP contribution is -2.50. The van der Waals surface area contributed by atoms with Crippen LogP contribution >= 0.6 is 0 Å². The molecule has 1 aromatic rings. The van der Waals surface area contributed by atoms with Gasteiger partial charge in [-0.1, -0.05) is 44.2 Å². The predicted octanol–water partition coefficient (Wildman–Crippen LogP) is 1.73. The van der Waals surface area contributed by atoms with Gasteiger partial charge in [-0.2, -0.15) is 5.06 Å². The van der Waals surface area contributed by atoms with E-state index in [0.29, 0.717) is 26.0 Å². The molecule has 2 aliphatic heterocycles. The van der Waals surface area contributed by atoms with Gasteiger partial charge in [0.25, 0.3) is 0 Å². The van der Waals surface area contributed by atoms with Crippen LogP contribution in [0.15, 0.2) is 30.3 Å². The molecule has 2 heterocycles.